The molecule has 0 radical (unpaired) electrons. The number of carbonyl (C=O) groups excluding carboxylic acids is 1. The van der Waals surface area contributed by atoms with E-state index in [4.69, 9.17) is 10.2 Å². The standard InChI is InChI=1S/C9H12N4O5S/c1-4-12-13-9(19-4)11-8(18)10-5(7(16)17)2-3-6(14)15/h5H,2-3H2,1H3,(H,14,15)(H,16,17)(H2,10,11,13,18)/t5-/m0/s1. The zero-order chi connectivity index (χ0) is 14.4. The summed E-state index contributed by atoms with van der Waals surface area (Å²) < 4.78 is 0. The third-order valence-corrected chi connectivity index (χ3v) is 2.75. The van der Waals surface area contributed by atoms with Crippen molar-refractivity contribution in [2.24, 2.45) is 0 Å². The molecule has 0 aliphatic rings. The third-order valence-electron chi connectivity index (χ3n) is 2.00. The molecule has 1 aromatic rings. The Labute approximate surface area is 111 Å². The molecular weight excluding hydrogens is 276 g/mol. The van der Waals surface area contributed by atoms with Crippen LogP contribution in [-0.4, -0.2) is 44.4 Å². The minimum Gasteiger partial charge on any atom is -0.481 e. The molecule has 0 unspecified atom stereocenters. The zero-order valence-corrected chi connectivity index (χ0v) is 10.7. The van der Waals surface area contributed by atoms with E-state index in [0.29, 0.717) is 5.01 Å². The van der Waals surface area contributed by atoms with Crippen molar-refractivity contribution in [2.75, 3.05) is 5.32 Å². The van der Waals surface area contributed by atoms with Gasteiger partial charge in [-0.05, 0) is 13.3 Å². The van der Waals surface area contributed by atoms with E-state index < -0.39 is 24.0 Å². The summed E-state index contributed by atoms with van der Waals surface area (Å²) in [6.45, 7) is 1.70. The maximum absolute atomic E-state index is 11.5. The van der Waals surface area contributed by atoms with Gasteiger partial charge in [-0.3, -0.25) is 10.1 Å². The van der Waals surface area contributed by atoms with E-state index in [9.17, 15) is 14.4 Å². The molecule has 4 N–H and O–H groups in total. The molecule has 2 amide bonds. The summed E-state index contributed by atoms with van der Waals surface area (Å²) in [6.07, 6.45) is -0.553. The first-order valence-electron chi connectivity index (χ1n) is 5.20. The molecule has 0 fully saturated rings. The molecule has 1 aromatic heterocycles. The molecule has 1 rings (SSSR count). The highest BCUT2D eigenvalue weighted by molar-refractivity contribution is 7.15. The number of anilines is 1. The number of aryl methyl sites for hydroxylation is 1. The van der Waals surface area contributed by atoms with Crippen LogP contribution in [-0.2, 0) is 9.59 Å². The minimum atomic E-state index is -1.30. The predicted molar refractivity (Wildman–Crippen MR) is 65.1 cm³/mol. The lowest BCUT2D eigenvalue weighted by Gasteiger charge is -2.13. The van der Waals surface area contributed by atoms with Crippen LogP contribution in [0.2, 0.25) is 0 Å². The fraction of sp³-hybridized carbons (Fsp3) is 0.444. The molecular formula is C9H12N4O5S. The maximum atomic E-state index is 11.5. The van der Waals surface area contributed by atoms with Crippen molar-refractivity contribution in [3.63, 3.8) is 0 Å². The molecule has 0 aromatic carbocycles. The van der Waals surface area contributed by atoms with Crippen LogP contribution in [0.3, 0.4) is 0 Å². The second-order valence-corrected chi connectivity index (χ2v) is 4.73. The van der Waals surface area contributed by atoms with Gasteiger partial charge in [-0.15, -0.1) is 10.2 Å². The first-order chi connectivity index (χ1) is 8.88. The summed E-state index contributed by atoms with van der Waals surface area (Å²) in [4.78, 5) is 32.7. The van der Waals surface area contributed by atoms with Crippen molar-refractivity contribution < 1.29 is 24.6 Å². The number of carboxylic acid groups (broad SMARTS) is 2. The van der Waals surface area contributed by atoms with E-state index in [1.54, 1.807) is 6.92 Å². The van der Waals surface area contributed by atoms with Gasteiger partial charge in [-0.25, -0.2) is 9.59 Å². The van der Waals surface area contributed by atoms with Gasteiger partial charge in [0.2, 0.25) is 5.13 Å². The molecule has 0 aliphatic carbocycles. The molecule has 0 bridgehead atoms. The van der Waals surface area contributed by atoms with Crippen molar-refractivity contribution in [2.45, 2.75) is 25.8 Å². The summed E-state index contributed by atoms with van der Waals surface area (Å²) in [5, 5.41) is 30.0. The number of aliphatic carboxylic acids is 2. The van der Waals surface area contributed by atoms with E-state index in [1.165, 1.54) is 0 Å². The number of carbonyl (C=O) groups is 3. The molecule has 104 valence electrons. The Bertz CT molecular complexity index is 489. The van der Waals surface area contributed by atoms with Gasteiger partial charge >= 0.3 is 18.0 Å². The second kappa shape index (κ2) is 6.64. The second-order valence-electron chi connectivity index (χ2n) is 3.55. The zero-order valence-electron chi connectivity index (χ0n) is 9.91. The number of amides is 2. The number of nitrogens with one attached hydrogen (secondary N) is 2. The van der Waals surface area contributed by atoms with Crippen LogP contribution in [0.25, 0.3) is 0 Å². The molecule has 19 heavy (non-hydrogen) atoms. The van der Waals surface area contributed by atoms with Gasteiger partial charge in [-0.2, -0.15) is 0 Å². The first-order valence-corrected chi connectivity index (χ1v) is 6.02. The van der Waals surface area contributed by atoms with E-state index in [1.807, 2.05) is 0 Å². The summed E-state index contributed by atoms with van der Waals surface area (Å²) in [7, 11) is 0. The number of nitrogens with zero attached hydrogens (tertiary/aromatic N) is 2. The molecule has 1 heterocycles. The normalized spacial score (nSPS) is 11.6. The van der Waals surface area contributed by atoms with Gasteiger partial charge in [0.05, 0.1) is 0 Å². The minimum absolute atomic E-state index is 0.201. The highest BCUT2D eigenvalue weighted by Gasteiger charge is 2.21. The van der Waals surface area contributed by atoms with Gasteiger partial charge in [0.1, 0.15) is 11.0 Å². The van der Waals surface area contributed by atoms with Gasteiger partial charge in [-0.1, -0.05) is 11.3 Å². The molecule has 10 heteroatoms. The molecule has 0 spiro atoms. The van der Waals surface area contributed by atoms with Gasteiger partial charge in [0.15, 0.2) is 0 Å². The quantitative estimate of drug-likeness (QED) is 0.589. The largest absolute Gasteiger partial charge is 0.481 e. The number of carboxylic acids is 2. The number of urea groups is 1. The molecule has 0 aliphatic heterocycles. The van der Waals surface area contributed by atoms with Crippen LogP contribution in [0, 0.1) is 6.92 Å². The summed E-state index contributed by atoms with van der Waals surface area (Å²) >= 11 is 1.13. The monoisotopic (exact) mass is 288 g/mol. The highest BCUT2D eigenvalue weighted by Crippen LogP contribution is 2.13. The predicted octanol–water partition coefficient (Wildman–Crippen LogP) is 0.286. The Morgan fingerprint density at radius 2 is 2.00 bits per heavy atom. The van der Waals surface area contributed by atoms with E-state index in [0.717, 1.165) is 11.3 Å². The molecule has 1 atom stereocenters. The fourth-order valence-corrected chi connectivity index (χ4v) is 1.75. The summed E-state index contributed by atoms with van der Waals surface area (Å²) in [5.41, 5.74) is 0. The number of hydrogen-bond donors (Lipinski definition) is 4. The Kier molecular flexibility index (Phi) is 5.18. The lowest BCUT2D eigenvalue weighted by molar-refractivity contribution is -0.140. The third kappa shape index (κ3) is 5.29. The van der Waals surface area contributed by atoms with E-state index in [2.05, 4.69) is 20.8 Å². The van der Waals surface area contributed by atoms with Gasteiger partial charge < -0.3 is 15.5 Å². The first kappa shape index (κ1) is 14.8. The number of aromatic nitrogens is 2. The van der Waals surface area contributed by atoms with Crippen LogP contribution < -0.4 is 10.6 Å². The number of rotatable bonds is 6. The highest BCUT2D eigenvalue weighted by atomic mass is 32.1. The van der Waals surface area contributed by atoms with Crippen molar-refractivity contribution >= 4 is 34.4 Å². The van der Waals surface area contributed by atoms with Crippen LogP contribution in [0.1, 0.15) is 17.8 Å². The van der Waals surface area contributed by atoms with Crippen LogP contribution >= 0.6 is 11.3 Å². The Hall–Kier alpha value is -2.23. The maximum Gasteiger partial charge on any atom is 0.326 e. The van der Waals surface area contributed by atoms with Crippen molar-refractivity contribution in [1.29, 1.82) is 0 Å². The average Bonchev–Trinajstić information content (AvgIpc) is 2.69. The fourth-order valence-electron chi connectivity index (χ4n) is 1.16. The summed E-state index contributed by atoms with van der Waals surface area (Å²) in [6, 6.07) is -2.04. The lowest BCUT2D eigenvalue weighted by Crippen LogP contribution is -2.43. The van der Waals surface area contributed by atoms with Gasteiger partial charge in [0.25, 0.3) is 0 Å². The molecule has 9 nitrogen and oxygen atoms in total. The molecule has 0 saturated heterocycles. The Balaban J connectivity index is 2.51. The molecule has 0 saturated carbocycles. The average molecular weight is 288 g/mol. The Morgan fingerprint density at radius 1 is 1.32 bits per heavy atom. The van der Waals surface area contributed by atoms with Crippen molar-refractivity contribution in [3.05, 3.63) is 5.01 Å². The topological polar surface area (TPSA) is 142 Å². The number of hydrogen-bond acceptors (Lipinski definition) is 6. The van der Waals surface area contributed by atoms with Crippen LogP contribution in [0.4, 0.5) is 9.93 Å². The van der Waals surface area contributed by atoms with Crippen molar-refractivity contribution in [3.8, 4) is 0 Å². The van der Waals surface area contributed by atoms with E-state index in [-0.39, 0.29) is 18.0 Å². The lowest BCUT2D eigenvalue weighted by atomic mass is 10.1. The van der Waals surface area contributed by atoms with Crippen LogP contribution in [0.5, 0.6) is 0 Å². The SMILES string of the molecule is Cc1nnc(NC(=O)N[C@@H](CCC(=O)O)C(=O)O)s1. The smallest absolute Gasteiger partial charge is 0.326 e. The summed E-state index contributed by atoms with van der Waals surface area (Å²) in [5.74, 6) is -2.43. The van der Waals surface area contributed by atoms with E-state index >= 15 is 0 Å². The van der Waals surface area contributed by atoms with Crippen molar-refractivity contribution in [1.82, 2.24) is 15.5 Å². The van der Waals surface area contributed by atoms with Gasteiger partial charge in [0, 0.05) is 6.42 Å². The van der Waals surface area contributed by atoms with Crippen LogP contribution in [0.15, 0.2) is 0 Å². The Morgan fingerprint density at radius 3 is 2.47 bits per heavy atom.